The molecule has 150 valence electrons. The first-order valence-corrected chi connectivity index (χ1v) is 11.3. The minimum Gasteiger partial charge on any atom is -0.311 e. The number of halogens is 2. The maximum absolute atomic E-state index is 15.2. The fourth-order valence-electron chi connectivity index (χ4n) is 4.17. The summed E-state index contributed by atoms with van der Waals surface area (Å²) in [7, 11) is -3.39. The molecule has 2 aromatic rings. The van der Waals surface area contributed by atoms with Crippen molar-refractivity contribution in [1.29, 1.82) is 0 Å². The molecule has 1 aliphatic carbocycles. The summed E-state index contributed by atoms with van der Waals surface area (Å²) in [5, 5.41) is 3.34. The van der Waals surface area contributed by atoms with Gasteiger partial charge >= 0.3 is 0 Å². The van der Waals surface area contributed by atoms with E-state index in [1.54, 1.807) is 31.2 Å². The van der Waals surface area contributed by atoms with E-state index in [4.69, 9.17) is 0 Å². The molecule has 1 saturated carbocycles. The van der Waals surface area contributed by atoms with E-state index in [2.05, 4.69) is 10.0 Å². The predicted octanol–water partition coefficient (Wildman–Crippen LogP) is 3.23. The molecule has 1 aliphatic heterocycles. The van der Waals surface area contributed by atoms with Gasteiger partial charge in [-0.1, -0.05) is 30.3 Å². The van der Waals surface area contributed by atoms with Crippen molar-refractivity contribution in [2.45, 2.75) is 38.3 Å². The Kier molecular flexibility index (Phi) is 5.02. The number of benzene rings is 2. The van der Waals surface area contributed by atoms with Gasteiger partial charge in [0.15, 0.2) is 0 Å². The summed E-state index contributed by atoms with van der Waals surface area (Å²) in [5.41, 5.74) is 0.996. The van der Waals surface area contributed by atoms with E-state index < -0.39 is 21.7 Å². The van der Waals surface area contributed by atoms with Gasteiger partial charge in [-0.15, -0.1) is 0 Å². The Labute approximate surface area is 164 Å². The maximum Gasteiger partial charge on any atom is 0.211 e. The second-order valence-electron chi connectivity index (χ2n) is 7.85. The Morgan fingerprint density at radius 2 is 1.89 bits per heavy atom. The second-order valence-corrected chi connectivity index (χ2v) is 9.89. The van der Waals surface area contributed by atoms with E-state index in [9.17, 15) is 12.8 Å². The normalized spacial score (nSPS) is 23.2. The fraction of sp³-hybridized carbons (Fsp3) is 0.429. The van der Waals surface area contributed by atoms with Crippen LogP contribution in [0.5, 0.6) is 0 Å². The van der Waals surface area contributed by atoms with Gasteiger partial charge in [-0.05, 0) is 49.4 Å². The molecule has 28 heavy (non-hydrogen) atoms. The van der Waals surface area contributed by atoms with Gasteiger partial charge in [-0.25, -0.2) is 21.9 Å². The third-order valence-corrected chi connectivity index (χ3v) is 7.37. The minimum atomic E-state index is -3.39. The van der Waals surface area contributed by atoms with Crippen molar-refractivity contribution in [3.05, 3.63) is 59.7 Å². The quantitative estimate of drug-likeness (QED) is 0.774. The Morgan fingerprint density at radius 1 is 1.18 bits per heavy atom. The summed E-state index contributed by atoms with van der Waals surface area (Å²) in [6.07, 6.45) is 2.10. The number of hydrogen-bond acceptors (Lipinski definition) is 3. The van der Waals surface area contributed by atoms with Crippen LogP contribution >= 0.6 is 0 Å². The van der Waals surface area contributed by atoms with Gasteiger partial charge in [0.2, 0.25) is 10.0 Å². The van der Waals surface area contributed by atoms with E-state index in [0.29, 0.717) is 12.1 Å². The lowest BCUT2D eigenvalue weighted by Crippen LogP contribution is -2.48. The van der Waals surface area contributed by atoms with E-state index in [0.717, 1.165) is 12.8 Å². The fourth-order valence-corrected chi connectivity index (χ4v) is 5.14. The summed E-state index contributed by atoms with van der Waals surface area (Å²) in [6.45, 7) is 2.29. The number of hydrogen-bond donors (Lipinski definition) is 2. The van der Waals surface area contributed by atoms with Crippen molar-refractivity contribution in [3.63, 3.8) is 0 Å². The van der Waals surface area contributed by atoms with Gasteiger partial charge in [0, 0.05) is 29.6 Å². The van der Waals surface area contributed by atoms with Crippen molar-refractivity contribution in [2.24, 2.45) is 5.41 Å². The number of nitrogens with one attached hydrogen (secondary N) is 2. The van der Waals surface area contributed by atoms with Crippen molar-refractivity contribution < 1.29 is 17.2 Å². The molecule has 2 aliphatic rings. The van der Waals surface area contributed by atoms with Crippen LogP contribution in [-0.4, -0.2) is 32.8 Å². The Bertz CT molecular complexity index is 975. The first kappa shape index (κ1) is 19.5. The van der Waals surface area contributed by atoms with Crippen LogP contribution in [0.2, 0.25) is 0 Å². The van der Waals surface area contributed by atoms with Crippen LogP contribution in [0.1, 0.15) is 25.3 Å². The number of sulfonamides is 1. The Balaban J connectivity index is 1.64. The molecule has 0 aromatic heterocycles. The largest absolute Gasteiger partial charge is 0.311 e. The van der Waals surface area contributed by atoms with E-state index in [1.807, 2.05) is 6.07 Å². The topological polar surface area (TPSA) is 58.2 Å². The van der Waals surface area contributed by atoms with Crippen LogP contribution in [0.3, 0.4) is 0 Å². The number of rotatable bonds is 6. The molecule has 0 radical (unpaired) electrons. The molecular formula is C21H24F2N2O2S. The third-order valence-electron chi connectivity index (χ3n) is 5.99. The molecule has 4 nitrogen and oxygen atoms in total. The Hall–Kier alpha value is -1.83. The van der Waals surface area contributed by atoms with Crippen LogP contribution in [0.4, 0.5) is 8.78 Å². The minimum absolute atomic E-state index is 0.00121. The zero-order chi connectivity index (χ0) is 19.9. The average Bonchev–Trinajstić information content (AvgIpc) is 3.40. The lowest BCUT2D eigenvalue weighted by molar-refractivity contribution is 0.406. The van der Waals surface area contributed by atoms with Crippen LogP contribution in [0, 0.1) is 17.0 Å². The second kappa shape index (κ2) is 7.21. The molecule has 2 fully saturated rings. The van der Waals surface area contributed by atoms with E-state index in [1.165, 1.54) is 12.1 Å². The highest BCUT2D eigenvalue weighted by atomic mass is 32.2. The summed E-state index contributed by atoms with van der Waals surface area (Å²) in [4.78, 5) is 0. The molecule has 1 saturated heterocycles. The SMILES string of the molecule is CCS(=O)(=O)N[C@@H]1[C@H](Cc2cc(F)cc(-c3ccccc3)c2F)NCC12CC2. The van der Waals surface area contributed by atoms with Gasteiger partial charge < -0.3 is 5.32 Å². The lowest BCUT2D eigenvalue weighted by Gasteiger charge is -2.25. The zero-order valence-electron chi connectivity index (χ0n) is 15.7. The standard InChI is InChI=1S/C21H24F2N2O2S/c1-2-28(26,27)25-20-18(24-13-21(20)8-9-21)11-15-10-16(22)12-17(19(15)23)14-6-4-3-5-7-14/h3-7,10,12,18,20,24-25H,2,8-9,11,13H2,1H3/t18-,20+/m0/s1. The van der Waals surface area contributed by atoms with Crippen LogP contribution in [-0.2, 0) is 16.4 Å². The molecule has 2 N–H and O–H groups in total. The van der Waals surface area contributed by atoms with E-state index in [-0.39, 0.29) is 40.8 Å². The van der Waals surface area contributed by atoms with Crippen LogP contribution in [0.25, 0.3) is 11.1 Å². The van der Waals surface area contributed by atoms with Crippen molar-refractivity contribution in [3.8, 4) is 11.1 Å². The molecule has 2 atom stereocenters. The highest BCUT2D eigenvalue weighted by molar-refractivity contribution is 7.89. The monoisotopic (exact) mass is 406 g/mol. The first-order valence-electron chi connectivity index (χ1n) is 9.60. The van der Waals surface area contributed by atoms with Crippen molar-refractivity contribution >= 4 is 10.0 Å². The van der Waals surface area contributed by atoms with Gasteiger partial charge in [0.05, 0.1) is 5.75 Å². The van der Waals surface area contributed by atoms with Crippen molar-refractivity contribution in [2.75, 3.05) is 12.3 Å². The van der Waals surface area contributed by atoms with Gasteiger partial charge in [-0.3, -0.25) is 0 Å². The molecule has 0 amide bonds. The molecule has 0 bridgehead atoms. The molecule has 7 heteroatoms. The summed E-state index contributed by atoms with van der Waals surface area (Å²) in [5.74, 6) is -0.956. The van der Waals surface area contributed by atoms with Gasteiger partial charge in [0.1, 0.15) is 11.6 Å². The molecule has 1 spiro atoms. The van der Waals surface area contributed by atoms with Crippen molar-refractivity contribution in [1.82, 2.24) is 10.0 Å². The molecule has 1 heterocycles. The zero-order valence-corrected chi connectivity index (χ0v) is 16.5. The molecule has 2 aromatic carbocycles. The summed E-state index contributed by atoms with van der Waals surface area (Å²) < 4.78 is 56.6. The summed E-state index contributed by atoms with van der Waals surface area (Å²) >= 11 is 0. The first-order chi connectivity index (χ1) is 13.3. The van der Waals surface area contributed by atoms with Crippen LogP contribution < -0.4 is 10.0 Å². The molecular weight excluding hydrogens is 382 g/mol. The predicted molar refractivity (Wildman–Crippen MR) is 105 cm³/mol. The van der Waals surface area contributed by atoms with Crippen LogP contribution in [0.15, 0.2) is 42.5 Å². The lowest BCUT2D eigenvalue weighted by atomic mass is 9.91. The van der Waals surface area contributed by atoms with Gasteiger partial charge in [0.25, 0.3) is 0 Å². The Morgan fingerprint density at radius 3 is 2.54 bits per heavy atom. The highest BCUT2D eigenvalue weighted by Crippen LogP contribution is 2.52. The average molecular weight is 406 g/mol. The summed E-state index contributed by atoms with van der Waals surface area (Å²) in [6, 6.07) is 10.7. The van der Waals surface area contributed by atoms with Gasteiger partial charge in [-0.2, -0.15) is 0 Å². The van der Waals surface area contributed by atoms with E-state index >= 15 is 4.39 Å². The molecule has 0 unspecified atom stereocenters. The highest BCUT2D eigenvalue weighted by Gasteiger charge is 2.57. The maximum atomic E-state index is 15.2. The third kappa shape index (κ3) is 3.71. The smallest absolute Gasteiger partial charge is 0.211 e. The molecule has 4 rings (SSSR count).